The van der Waals surface area contributed by atoms with E-state index in [2.05, 4.69) is 15.6 Å². The summed E-state index contributed by atoms with van der Waals surface area (Å²) >= 11 is 4.08. The Morgan fingerprint density at radius 2 is 1.71 bits per heavy atom. The maximum absolute atomic E-state index is 9.09. The van der Waals surface area contributed by atoms with Crippen LogP contribution in [0.5, 0.6) is 0 Å². The van der Waals surface area contributed by atoms with E-state index in [4.69, 9.17) is 13.0 Å². The van der Waals surface area contributed by atoms with Gasteiger partial charge in [0.2, 0.25) is 10.4 Å². The van der Waals surface area contributed by atoms with Gasteiger partial charge in [0.15, 0.2) is 0 Å². The SMILES string of the molecule is O=S(=O)([O-])OCl.[Na+]. The van der Waals surface area contributed by atoms with Crippen molar-refractivity contribution in [2.24, 2.45) is 0 Å². The van der Waals surface area contributed by atoms with E-state index in [1.807, 2.05) is 0 Å². The van der Waals surface area contributed by atoms with Gasteiger partial charge in [0.05, 0.1) is 11.9 Å². The van der Waals surface area contributed by atoms with Gasteiger partial charge in [0, 0.05) is 0 Å². The summed E-state index contributed by atoms with van der Waals surface area (Å²) in [7, 11) is -4.65. The molecule has 0 saturated heterocycles. The summed E-state index contributed by atoms with van der Waals surface area (Å²) < 4.78 is 30.1. The Bertz CT molecular complexity index is 114. The Morgan fingerprint density at radius 1 is 1.57 bits per heavy atom. The first kappa shape index (κ1) is 11.0. The first-order chi connectivity index (χ1) is 2.56. The van der Waals surface area contributed by atoms with Gasteiger partial charge in [-0.3, -0.25) is 0 Å². The number of rotatable bonds is 1. The van der Waals surface area contributed by atoms with Crippen LogP contribution < -0.4 is 29.6 Å². The molecule has 0 unspecified atom stereocenters. The van der Waals surface area contributed by atoms with Crippen LogP contribution in [-0.2, 0) is 14.1 Å². The summed E-state index contributed by atoms with van der Waals surface area (Å²) in [6.07, 6.45) is 0. The molecule has 0 saturated carbocycles. The quantitative estimate of drug-likeness (QED) is 0.225. The molecular formula is ClNaO4S. The fraction of sp³-hybridized carbons (Fsp3) is 0. The van der Waals surface area contributed by atoms with E-state index < -0.39 is 10.4 Å². The Kier molecular flexibility index (Phi) is 6.43. The molecule has 0 amide bonds. The molecule has 0 heterocycles. The van der Waals surface area contributed by atoms with Crippen molar-refractivity contribution in [3.8, 4) is 0 Å². The van der Waals surface area contributed by atoms with Crippen molar-refractivity contribution in [3.05, 3.63) is 0 Å². The van der Waals surface area contributed by atoms with E-state index in [0.717, 1.165) is 0 Å². The molecule has 7 heavy (non-hydrogen) atoms. The molecular weight excluding hydrogens is 155 g/mol. The van der Waals surface area contributed by atoms with Gasteiger partial charge in [0.1, 0.15) is 0 Å². The maximum Gasteiger partial charge on any atom is 1.00 e. The molecule has 0 bridgehead atoms. The molecule has 0 aliphatic heterocycles. The number of hydrogen-bond donors (Lipinski definition) is 0. The van der Waals surface area contributed by atoms with Crippen LogP contribution in [0.15, 0.2) is 0 Å². The van der Waals surface area contributed by atoms with Crippen molar-refractivity contribution in [2.75, 3.05) is 0 Å². The van der Waals surface area contributed by atoms with Crippen molar-refractivity contribution < 1.29 is 46.3 Å². The molecule has 0 radical (unpaired) electrons. The van der Waals surface area contributed by atoms with E-state index in [1.165, 1.54) is 0 Å². The Morgan fingerprint density at radius 3 is 1.71 bits per heavy atom. The van der Waals surface area contributed by atoms with Crippen LogP contribution in [0.2, 0.25) is 0 Å². The van der Waals surface area contributed by atoms with E-state index in [1.54, 1.807) is 0 Å². The summed E-state index contributed by atoms with van der Waals surface area (Å²) in [4.78, 5) is 0. The first-order valence-electron chi connectivity index (χ1n) is 0.821. The van der Waals surface area contributed by atoms with Crippen molar-refractivity contribution in [1.82, 2.24) is 0 Å². The summed E-state index contributed by atoms with van der Waals surface area (Å²) in [6.45, 7) is 0. The molecule has 0 spiro atoms. The Labute approximate surface area is 68.2 Å². The molecule has 0 aliphatic carbocycles. The third kappa shape index (κ3) is 11.0. The molecule has 0 aromatic carbocycles. The second kappa shape index (κ2) is 4.08. The minimum Gasteiger partial charge on any atom is -0.725 e. The largest absolute Gasteiger partial charge is 1.00 e. The number of hydrogen-bond acceptors (Lipinski definition) is 4. The zero-order valence-electron chi connectivity index (χ0n) is 3.42. The molecule has 38 valence electrons. The van der Waals surface area contributed by atoms with E-state index >= 15 is 0 Å². The summed E-state index contributed by atoms with van der Waals surface area (Å²) in [5.74, 6) is 0. The topological polar surface area (TPSA) is 66.4 Å². The van der Waals surface area contributed by atoms with E-state index in [-0.39, 0.29) is 29.6 Å². The summed E-state index contributed by atoms with van der Waals surface area (Å²) in [6, 6.07) is 0. The molecule has 7 heteroatoms. The number of halogens is 1. The molecule has 0 aliphatic rings. The standard InChI is InChI=1S/ClHO4S.Na/c1-5-6(2,3)4;/h(H,2,3,4);/q;+1/p-1. The Balaban J connectivity index is 0. The molecule has 0 aromatic heterocycles. The van der Waals surface area contributed by atoms with Gasteiger partial charge in [-0.2, -0.15) is 3.74 Å². The van der Waals surface area contributed by atoms with Gasteiger partial charge in [0.25, 0.3) is 0 Å². The van der Waals surface area contributed by atoms with Crippen LogP contribution >= 0.6 is 11.9 Å². The smallest absolute Gasteiger partial charge is 0.725 e. The summed E-state index contributed by atoms with van der Waals surface area (Å²) in [5, 5.41) is 0. The van der Waals surface area contributed by atoms with Crippen molar-refractivity contribution >= 4 is 22.3 Å². The van der Waals surface area contributed by atoms with Crippen LogP contribution in [0.1, 0.15) is 0 Å². The minimum atomic E-state index is -4.65. The second-order valence-corrected chi connectivity index (χ2v) is 1.79. The molecule has 0 aromatic rings. The fourth-order valence-corrected chi connectivity index (χ4v) is 0. The zero-order chi connectivity index (χ0) is 5.21. The molecule has 4 nitrogen and oxygen atoms in total. The van der Waals surface area contributed by atoms with E-state index in [9.17, 15) is 0 Å². The van der Waals surface area contributed by atoms with Crippen LogP contribution in [-0.4, -0.2) is 13.0 Å². The second-order valence-electron chi connectivity index (χ2n) is 0.471. The first-order valence-corrected chi connectivity index (χ1v) is 2.46. The third-order valence-corrected chi connectivity index (χ3v) is 0.694. The monoisotopic (exact) mass is 154 g/mol. The van der Waals surface area contributed by atoms with Gasteiger partial charge in [-0.1, -0.05) is 0 Å². The summed E-state index contributed by atoms with van der Waals surface area (Å²) in [5.41, 5.74) is 0. The van der Waals surface area contributed by atoms with Crippen LogP contribution in [0, 0.1) is 0 Å². The Hall–Kier alpha value is 1.16. The average molecular weight is 155 g/mol. The van der Waals surface area contributed by atoms with Gasteiger partial charge < -0.3 is 4.55 Å². The predicted octanol–water partition coefficient (Wildman–Crippen LogP) is -3.38. The van der Waals surface area contributed by atoms with Crippen molar-refractivity contribution in [1.29, 1.82) is 0 Å². The molecule has 0 fully saturated rings. The minimum absolute atomic E-state index is 0. The van der Waals surface area contributed by atoms with Crippen LogP contribution in [0.3, 0.4) is 0 Å². The molecule has 0 atom stereocenters. The maximum atomic E-state index is 9.09. The fourth-order valence-electron chi connectivity index (χ4n) is 0. The van der Waals surface area contributed by atoms with Crippen LogP contribution in [0.25, 0.3) is 0 Å². The van der Waals surface area contributed by atoms with Gasteiger partial charge in [-0.05, 0) is 0 Å². The third-order valence-electron chi connectivity index (χ3n) is 0.0772. The van der Waals surface area contributed by atoms with Crippen molar-refractivity contribution in [3.63, 3.8) is 0 Å². The van der Waals surface area contributed by atoms with Crippen molar-refractivity contribution in [2.45, 2.75) is 0 Å². The van der Waals surface area contributed by atoms with Gasteiger partial charge >= 0.3 is 29.6 Å². The van der Waals surface area contributed by atoms with Gasteiger partial charge in [-0.25, -0.2) is 8.42 Å². The molecule has 0 N–H and O–H groups in total. The molecule has 0 rings (SSSR count). The predicted molar refractivity (Wildman–Crippen MR) is 16.6 cm³/mol. The van der Waals surface area contributed by atoms with Gasteiger partial charge in [-0.15, -0.1) is 0 Å². The zero-order valence-corrected chi connectivity index (χ0v) is 6.99. The average Bonchev–Trinajstić information content (AvgIpc) is 1.35. The van der Waals surface area contributed by atoms with E-state index in [0.29, 0.717) is 0 Å². The van der Waals surface area contributed by atoms with Crippen LogP contribution in [0.4, 0.5) is 0 Å². The normalized spacial score (nSPS) is 10.0.